The van der Waals surface area contributed by atoms with E-state index in [-0.39, 0.29) is 30.9 Å². The summed E-state index contributed by atoms with van der Waals surface area (Å²) in [5.41, 5.74) is 2.00. The SMILES string of the molecule is CO[C@@]1(C)C[C@@H](C)C(=O)[C@H](C)[C@H]2N(CCCCn3cc(-c4cccc(N)c4)nn3)C(=O)O[C@@]23C(C)[C@H]3OC(=O)[C@@](C)(F)C(=O)[C@H](C)[C@H]1OC1OC(C)CC(N(C)C)C1O. The number of unbranched alkanes of at least 4 members (excludes halogenated alkanes) is 1. The largest absolute Gasteiger partial charge is 0.455 e. The number of methoxy groups -OCH3 is 1. The number of nitrogen functional groups attached to an aromatic ring is 1. The lowest BCUT2D eigenvalue weighted by molar-refractivity contribution is -0.295. The van der Waals surface area contributed by atoms with Crippen LogP contribution in [0.5, 0.6) is 0 Å². The number of anilines is 1. The number of halogens is 1. The van der Waals surface area contributed by atoms with E-state index in [1.165, 1.54) is 18.9 Å². The summed E-state index contributed by atoms with van der Waals surface area (Å²) in [6.45, 7) is 11.6. The number of aromatic nitrogens is 3. The molecule has 326 valence electrons. The lowest BCUT2D eigenvalue weighted by atomic mass is 9.75. The maximum Gasteiger partial charge on any atom is 0.410 e. The number of ketones is 2. The van der Waals surface area contributed by atoms with E-state index >= 15 is 4.39 Å². The number of aliphatic hydroxyl groups excluding tert-OH is 1. The van der Waals surface area contributed by atoms with Crippen LogP contribution in [0.4, 0.5) is 14.9 Å². The van der Waals surface area contributed by atoms with Crippen molar-refractivity contribution in [1.29, 1.82) is 0 Å². The molecular formula is C42H61FN6O10. The minimum Gasteiger partial charge on any atom is -0.455 e. The van der Waals surface area contributed by atoms with E-state index in [9.17, 15) is 24.3 Å². The molecule has 1 amide bonds. The third-order valence-electron chi connectivity index (χ3n) is 13.2. The van der Waals surface area contributed by atoms with E-state index in [1.54, 1.807) is 38.4 Å². The molecule has 14 atom stereocenters. The number of benzene rings is 1. The molecule has 5 unspecified atom stereocenters. The van der Waals surface area contributed by atoms with Crippen LogP contribution in [0.25, 0.3) is 11.3 Å². The number of Topliss-reactive ketones (excluding diaryl/α,β-unsaturated/α-hetero) is 2. The molecule has 17 heteroatoms. The first-order chi connectivity index (χ1) is 27.7. The van der Waals surface area contributed by atoms with E-state index < -0.39 is 89.0 Å². The summed E-state index contributed by atoms with van der Waals surface area (Å²) >= 11 is 0. The first-order valence-electron chi connectivity index (χ1n) is 20.6. The summed E-state index contributed by atoms with van der Waals surface area (Å²) in [5.74, 6) is -6.33. The molecule has 3 aliphatic heterocycles. The van der Waals surface area contributed by atoms with Gasteiger partial charge >= 0.3 is 12.1 Å². The van der Waals surface area contributed by atoms with Gasteiger partial charge in [0, 0.05) is 61.2 Å². The van der Waals surface area contributed by atoms with Crippen LogP contribution in [0.2, 0.25) is 0 Å². The molecule has 4 aliphatic rings. The highest BCUT2D eigenvalue weighted by molar-refractivity contribution is 6.08. The fourth-order valence-corrected chi connectivity index (χ4v) is 9.72. The molecule has 1 aromatic heterocycles. The van der Waals surface area contributed by atoms with Gasteiger partial charge in [-0.05, 0) is 72.7 Å². The lowest BCUT2D eigenvalue weighted by Gasteiger charge is -2.47. The number of esters is 1. The summed E-state index contributed by atoms with van der Waals surface area (Å²) in [7, 11) is 5.04. The quantitative estimate of drug-likeness (QED) is 0.152. The number of nitrogens with two attached hydrogens (primary N) is 1. The third kappa shape index (κ3) is 8.24. The van der Waals surface area contributed by atoms with E-state index in [1.807, 2.05) is 50.3 Å². The van der Waals surface area contributed by atoms with Crippen molar-refractivity contribution in [3.05, 3.63) is 30.5 Å². The highest BCUT2D eigenvalue weighted by Gasteiger charge is 2.79. The van der Waals surface area contributed by atoms with Crippen molar-refractivity contribution >= 4 is 29.3 Å². The van der Waals surface area contributed by atoms with Gasteiger partial charge in [-0.15, -0.1) is 5.10 Å². The Balaban J connectivity index is 1.27. The summed E-state index contributed by atoms with van der Waals surface area (Å²) in [6.07, 6.45) is -2.43. The number of hydrogen-bond acceptors (Lipinski definition) is 14. The number of aliphatic hydroxyl groups is 1. The van der Waals surface area contributed by atoms with E-state index in [0.29, 0.717) is 37.2 Å². The molecule has 0 radical (unpaired) electrons. The first kappa shape index (κ1) is 44.5. The zero-order chi connectivity index (χ0) is 43.4. The summed E-state index contributed by atoms with van der Waals surface area (Å²) in [6, 6.07) is 6.10. The molecule has 1 saturated carbocycles. The summed E-state index contributed by atoms with van der Waals surface area (Å²) in [5, 5.41) is 19.9. The second kappa shape index (κ2) is 16.8. The average Bonchev–Trinajstić information content (AvgIpc) is 3.48. The normalized spacial score (nSPS) is 39.3. The Morgan fingerprint density at radius 1 is 1.05 bits per heavy atom. The Labute approximate surface area is 345 Å². The van der Waals surface area contributed by atoms with Gasteiger partial charge in [0.05, 0.1) is 30.0 Å². The first-order valence-corrected chi connectivity index (χ1v) is 20.6. The second-order valence-electron chi connectivity index (χ2n) is 17.8. The average molecular weight is 829 g/mol. The van der Waals surface area contributed by atoms with Gasteiger partial charge in [0.25, 0.3) is 5.67 Å². The van der Waals surface area contributed by atoms with Crippen LogP contribution < -0.4 is 5.73 Å². The number of aryl methyl sites for hydroxylation is 1. The number of carbonyl (C=O) groups excluding carboxylic acids is 4. The summed E-state index contributed by atoms with van der Waals surface area (Å²) in [4.78, 5) is 59.7. The van der Waals surface area contributed by atoms with Crippen molar-refractivity contribution in [1.82, 2.24) is 24.8 Å². The Bertz CT molecular complexity index is 1890. The van der Waals surface area contributed by atoms with Gasteiger partial charge in [-0.1, -0.05) is 45.0 Å². The van der Waals surface area contributed by atoms with Crippen molar-refractivity contribution in [2.24, 2.45) is 23.7 Å². The molecule has 2 aromatic rings. The Hall–Kier alpha value is -4.03. The van der Waals surface area contributed by atoms with Crippen molar-refractivity contribution in [2.45, 2.75) is 140 Å². The zero-order valence-corrected chi connectivity index (χ0v) is 35.8. The van der Waals surface area contributed by atoms with Crippen LogP contribution >= 0.6 is 0 Å². The number of hydrogen-bond donors (Lipinski definition) is 2. The Morgan fingerprint density at radius 2 is 1.75 bits per heavy atom. The van der Waals surface area contributed by atoms with Crippen LogP contribution in [-0.4, -0.2) is 141 Å². The Kier molecular flexibility index (Phi) is 12.7. The monoisotopic (exact) mass is 828 g/mol. The van der Waals surface area contributed by atoms with Crippen molar-refractivity contribution in [3.8, 4) is 11.3 Å². The lowest BCUT2D eigenvalue weighted by Crippen LogP contribution is -2.60. The van der Waals surface area contributed by atoms with E-state index in [4.69, 9.17) is 29.4 Å². The van der Waals surface area contributed by atoms with Gasteiger partial charge in [-0.2, -0.15) is 0 Å². The molecule has 1 aliphatic carbocycles. The molecule has 16 nitrogen and oxygen atoms in total. The highest BCUT2D eigenvalue weighted by atomic mass is 19.1. The van der Waals surface area contributed by atoms with Gasteiger partial charge in [-0.25, -0.2) is 14.0 Å². The third-order valence-corrected chi connectivity index (χ3v) is 13.2. The standard InChI is InChI=1S/C42H61FN6O10/c1-22-20-40(6,55-10)35(57-37-32(51)30(47(8)9)18-23(2)56-37)25(4)34(52)41(7,43)38(53)58-36-26(5)42(36)33(24(3)31(22)50)49(39(54)59-42)17-12-11-16-48-21-29(45-46-48)27-14-13-15-28(44)19-27/h13-15,19,21-26,30,32-33,35-37,51H,11-12,16-18,20,44H2,1-10H3/t22-,23?,24+,25+,26?,30?,32?,33-,35-,36-,37?,40+,41+,42+/m1/s1. The number of carbonyl (C=O) groups is 4. The number of nitrogens with zero attached hydrogens (tertiary/aromatic N) is 5. The fourth-order valence-electron chi connectivity index (χ4n) is 9.72. The Morgan fingerprint density at radius 3 is 2.41 bits per heavy atom. The van der Waals surface area contributed by atoms with Crippen LogP contribution in [0, 0.1) is 23.7 Å². The summed E-state index contributed by atoms with van der Waals surface area (Å²) < 4.78 is 48.9. The van der Waals surface area contributed by atoms with Crippen LogP contribution in [0.1, 0.15) is 74.1 Å². The van der Waals surface area contributed by atoms with Crippen LogP contribution in [-0.2, 0) is 44.6 Å². The van der Waals surface area contributed by atoms with Crippen molar-refractivity contribution in [3.63, 3.8) is 0 Å². The topological polar surface area (TPSA) is 198 Å². The van der Waals surface area contributed by atoms with Gasteiger partial charge < -0.3 is 44.3 Å². The number of likely N-dealkylation sites (N-methyl/N-ethyl adjacent to an activating group) is 1. The molecule has 0 bridgehead atoms. The predicted octanol–water partition coefficient (Wildman–Crippen LogP) is 3.82. The predicted molar refractivity (Wildman–Crippen MR) is 212 cm³/mol. The number of ether oxygens (including phenoxy) is 5. The van der Waals surface area contributed by atoms with E-state index in [0.717, 1.165) is 12.5 Å². The molecule has 6 rings (SSSR count). The van der Waals surface area contributed by atoms with Gasteiger partial charge in [0.1, 0.15) is 17.6 Å². The van der Waals surface area contributed by atoms with Crippen molar-refractivity contribution in [2.75, 3.05) is 33.5 Å². The van der Waals surface area contributed by atoms with Crippen LogP contribution in [0.3, 0.4) is 0 Å². The highest BCUT2D eigenvalue weighted by Crippen LogP contribution is 2.59. The number of alkyl halides is 1. The smallest absolute Gasteiger partial charge is 0.410 e. The molecule has 4 fully saturated rings. The molecule has 3 saturated heterocycles. The van der Waals surface area contributed by atoms with E-state index in [2.05, 4.69) is 10.3 Å². The molecule has 4 heterocycles. The maximum atomic E-state index is 16.8. The molecule has 1 spiro atoms. The van der Waals surface area contributed by atoms with Gasteiger partial charge in [0.15, 0.2) is 23.8 Å². The van der Waals surface area contributed by atoms with Gasteiger partial charge in [-0.3, -0.25) is 14.3 Å². The second-order valence-corrected chi connectivity index (χ2v) is 17.8. The minimum atomic E-state index is -3.16. The molecule has 59 heavy (non-hydrogen) atoms. The number of amides is 1. The van der Waals surface area contributed by atoms with Gasteiger partial charge in [0.2, 0.25) is 0 Å². The minimum absolute atomic E-state index is 0.000851. The zero-order valence-electron chi connectivity index (χ0n) is 35.8. The fraction of sp³-hybridized carbons (Fsp3) is 0.714. The maximum absolute atomic E-state index is 16.8. The van der Waals surface area contributed by atoms with Crippen molar-refractivity contribution < 1.29 is 52.4 Å². The van der Waals surface area contributed by atoms with Crippen LogP contribution in [0.15, 0.2) is 30.5 Å². The molecule has 3 N–H and O–H groups in total. The number of rotatable bonds is 10. The molecular weight excluding hydrogens is 767 g/mol. The molecule has 1 aromatic carbocycles.